The highest BCUT2D eigenvalue weighted by molar-refractivity contribution is 7.20. The van der Waals surface area contributed by atoms with E-state index in [0.717, 1.165) is 60.6 Å². The minimum atomic E-state index is 0.591. The summed E-state index contributed by atoms with van der Waals surface area (Å²) in [5.74, 6) is 0.726. The van der Waals surface area contributed by atoms with Gasteiger partial charge in [-0.3, -0.25) is 0 Å². The summed E-state index contributed by atoms with van der Waals surface area (Å²) in [5.41, 5.74) is 2.81. The molecule has 0 unspecified atom stereocenters. The molecule has 0 bridgehead atoms. The second kappa shape index (κ2) is 7.26. The normalized spacial score (nSPS) is 15.6. The van der Waals surface area contributed by atoms with E-state index in [1.807, 2.05) is 30.5 Å². The standard InChI is InChI=1S/C20H20N4O2S/c1-2-18-19(22-6-1)23-20(27-18)26-15-3-4-16-14(13-25-17(16)12-15)5-9-24-10-7-21-8-11-24/h1-4,6,12-13,21H,5,7-11H2. The lowest BCUT2D eigenvalue weighted by Crippen LogP contribution is -2.44. The van der Waals surface area contributed by atoms with Crippen LogP contribution in [0.25, 0.3) is 21.3 Å². The Bertz CT molecular complexity index is 1040. The van der Waals surface area contributed by atoms with Crippen LogP contribution in [0.4, 0.5) is 0 Å². The molecule has 3 aromatic heterocycles. The maximum Gasteiger partial charge on any atom is 0.281 e. The molecule has 1 N–H and O–H groups in total. The fraction of sp³-hybridized carbons (Fsp3) is 0.300. The number of piperazine rings is 1. The van der Waals surface area contributed by atoms with E-state index in [1.54, 1.807) is 6.20 Å². The number of benzene rings is 1. The third-order valence-electron chi connectivity index (χ3n) is 4.88. The quantitative estimate of drug-likeness (QED) is 0.570. The van der Waals surface area contributed by atoms with Gasteiger partial charge in [0.25, 0.3) is 5.19 Å². The van der Waals surface area contributed by atoms with Crippen LogP contribution < -0.4 is 10.1 Å². The minimum absolute atomic E-state index is 0.591. The van der Waals surface area contributed by atoms with Crippen molar-refractivity contribution in [3.8, 4) is 10.9 Å². The lowest BCUT2D eigenvalue weighted by atomic mass is 10.1. The van der Waals surface area contributed by atoms with Gasteiger partial charge in [0, 0.05) is 50.4 Å². The van der Waals surface area contributed by atoms with Crippen LogP contribution in [0.15, 0.2) is 47.2 Å². The summed E-state index contributed by atoms with van der Waals surface area (Å²) in [6, 6.07) is 9.88. The van der Waals surface area contributed by atoms with Crippen molar-refractivity contribution in [3.63, 3.8) is 0 Å². The number of hydrogen-bond donors (Lipinski definition) is 1. The lowest BCUT2D eigenvalue weighted by molar-refractivity contribution is 0.244. The van der Waals surface area contributed by atoms with Crippen molar-refractivity contribution in [3.05, 3.63) is 48.4 Å². The SMILES string of the molecule is c1cnc2nc(Oc3ccc4c(CCN5CCNCC5)coc4c3)sc2c1. The number of nitrogens with zero attached hydrogens (tertiary/aromatic N) is 3. The molecule has 27 heavy (non-hydrogen) atoms. The molecule has 1 aliphatic heterocycles. The molecule has 6 nitrogen and oxygen atoms in total. The summed E-state index contributed by atoms with van der Waals surface area (Å²) in [7, 11) is 0. The van der Waals surface area contributed by atoms with Gasteiger partial charge >= 0.3 is 0 Å². The Labute approximate surface area is 160 Å². The van der Waals surface area contributed by atoms with Crippen molar-refractivity contribution in [1.82, 2.24) is 20.2 Å². The maximum absolute atomic E-state index is 5.93. The van der Waals surface area contributed by atoms with Gasteiger partial charge in [-0.25, -0.2) is 4.98 Å². The zero-order valence-electron chi connectivity index (χ0n) is 14.9. The van der Waals surface area contributed by atoms with E-state index in [0.29, 0.717) is 10.8 Å². The number of ether oxygens (including phenoxy) is 1. The van der Waals surface area contributed by atoms with Crippen LogP contribution >= 0.6 is 11.3 Å². The van der Waals surface area contributed by atoms with Crippen LogP contribution in [-0.4, -0.2) is 47.6 Å². The first kappa shape index (κ1) is 16.7. The summed E-state index contributed by atoms with van der Waals surface area (Å²) < 4.78 is 12.7. The lowest BCUT2D eigenvalue weighted by Gasteiger charge is -2.26. The van der Waals surface area contributed by atoms with Gasteiger partial charge < -0.3 is 19.4 Å². The van der Waals surface area contributed by atoms with Gasteiger partial charge in [-0.05, 0) is 36.2 Å². The molecule has 1 fully saturated rings. The second-order valence-corrected chi connectivity index (χ2v) is 7.66. The highest BCUT2D eigenvalue weighted by Gasteiger charge is 2.13. The largest absolute Gasteiger partial charge is 0.464 e. The fourth-order valence-corrected chi connectivity index (χ4v) is 4.22. The van der Waals surface area contributed by atoms with Crippen LogP contribution in [-0.2, 0) is 6.42 Å². The Morgan fingerprint density at radius 3 is 3.04 bits per heavy atom. The van der Waals surface area contributed by atoms with Crippen molar-refractivity contribution in [2.75, 3.05) is 32.7 Å². The number of fused-ring (bicyclic) bond motifs is 2. The summed E-state index contributed by atoms with van der Waals surface area (Å²) in [5, 5.41) is 5.14. The van der Waals surface area contributed by atoms with Crippen molar-refractivity contribution in [2.45, 2.75) is 6.42 Å². The number of aromatic nitrogens is 2. The van der Waals surface area contributed by atoms with Crippen LogP contribution in [0.1, 0.15) is 5.56 Å². The van der Waals surface area contributed by atoms with Crippen molar-refractivity contribution in [1.29, 1.82) is 0 Å². The van der Waals surface area contributed by atoms with Gasteiger partial charge in [-0.2, -0.15) is 4.98 Å². The summed E-state index contributed by atoms with van der Waals surface area (Å²) in [4.78, 5) is 11.2. The van der Waals surface area contributed by atoms with Gasteiger partial charge in [0.05, 0.1) is 11.0 Å². The Morgan fingerprint density at radius 1 is 1.22 bits per heavy atom. The zero-order valence-corrected chi connectivity index (χ0v) is 15.7. The monoisotopic (exact) mass is 380 g/mol. The fourth-order valence-electron chi connectivity index (χ4n) is 3.43. The number of nitrogens with one attached hydrogen (secondary N) is 1. The third-order valence-corrected chi connectivity index (χ3v) is 5.77. The number of rotatable bonds is 5. The molecular formula is C20H20N4O2S. The number of hydrogen-bond acceptors (Lipinski definition) is 7. The highest BCUT2D eigenvalue weighted by atomic mass is 32.1. The third kappa shape index (κ3) is 3.53. The minimum Gasteiger partial charge on any atom is -0.464 e. The molecule has 0 spiro atoms. The topological polar surface area (TPSA) is 63.4 Å². The summed E-state index contributed by atoms with van der Waals surface area (Å²) in [6.45, 7) is 5.45. The van der Waals surface area contributed by atoms with E-state index in [-0.39, 0.29) is 0 Å². The van der Waals surface area contributed by atoms with E-state index >= 15 is 0 Å². The highest BCUT2D eigenvalue weighted by Crippen LogP contribution is 2.32. The van der Waals surface area contributed by atoms with E-state index in [1.165, 1.54) is 16.9 Å². The molecule has 0 aliphatic carbocycles. The summed E-state index contributed by atoms with van der Waals surface area (Å²) in [6.07, 6.45) is 4.61. The maximum atomic E-state index is 5.93. The second-order valence-electron chi connectivity index (χ2n) is 6.67. The molecule has 4 aromatic rings. The molecule has 0 amide bonds. The number of pyridine rings is 1. The summed E-state index contributed by atoms with van der Waals surface area (Å²) >= 11 is 1.49. The zero-order chi connectivity index (χ0) is 18.1. The van der Waals surface area contributed by atoms with Gasteiger partial charge in [0.15, 0.2) is 5.65 Å². The van der Waals surface area contributed by atoms with Crippen molar-refractivity contribution < 1.29 is 9.15 Å². The van der Waals surface area contributed by atoms with E-state index in [9.17, 15) is 0 Å². The molecule has 1 saturated heterocycles. The van der Waals surface area contributed by atoms with Gasteiger partial charge in [0.1, 0.15) is 11.3 Å². The van der Waals surface area contributed by atoms with E-state index < -0.39 is 0 Å². The molecule has 0 saturated carbocycles. The molecule has 5 rings (SSSR count). The molecule has 7 heteroatoms. The Hall–Kier alpha value is -2.48. The van der Waals surface area contributed by atoms with E-state index in [2.05, 4.69) is 26.3 Å². The van der Waals surface area contributed by atoms with Crippen LogP contribution in [0.3, 0.4) is 0 Å². The van der Waals surface area contributed by atoms with Gasteiger partial charge in [-0.1, -0.05) is 11.3 Å². The Balaban J connectivity index is 1.31. The first-order chi connectivity index (χ1) is 13.3. The average Bonchev–Trinajstić information content (AvgIpc) is 3.30. The van der Waals surface area contributed by atoms with Crippen molar-refractivity contribution in [2.24, 2.45) is 0 Å². The van der Waals surface area contributed by atoms with Crippen molar-refractivity contribution >= 4 is 32.7 Å². The molecule has 138 valence electrons. The molecule has 1 aliphatic rings. The molecule has 1 aromatic carbocycles. The van der Waals surface area contributed by atoms with Gasteiger partial charge in [-0.15, -0.1) is 0 Å². The first-order valence-corrected chi connectivity index (χ1v) is 9.99. The predicted molar refractivity (Wildman–Crippen MR) is 107 cm³/mol. The number of furan rings is 1. The Morgan fingerprint density at radius 2 is 2.15 bits per heavy atom. The van der Waals surface area contributed by atoms with Crippen LogP contribution in [0.5, 0.6) is 10.9 Å². The van der Waals surface area contributed by atoms with E-state index in [4.69, 9.17) is 9.15 Å². The molecular weight excluding hydrogens is 360 g/mol. The Kier molecular flexibility index (Phi) is 4.49. The van der Waals surface area contributed by atoms with Crippen LogP contribution in [0, 0.1) is 0 Å². The number of thiazole rings is 1. The molecule has 0 atom stereocenters. The van der Waals surface area contributed by atoms with Gasteiger partial charge in [0.2, 0.25) is 0 Å². The smallest absolute Gasteiger partial charge is 0.281 e. The first-order valence-electron chi connectivity index (χ1n) is 9.18. The average molecular weight is 380 g/mol. The molecule has 4 heterocycles. The van der Waals surface area contributed by atoms with Crippen LogP contribution in [0.2, 0.25) is 0 Å². The predicted octanol–water partition coefficient (Wildman–Crippen LogP) is 3.68. The molecule has 0 radical (unpaired) electrons.